The fourth-order valence-corrected chi connectivity index (χ4v) is 2.73. The van der Waals surface area contributed by atoms with E-state index in [-0.39, 0.29) is 18.7 Å². The summed E-state index contributed by atoms with van der Waals surface area (Å²) in [7, 11) is 0. The number of benzene rings is 1. The molecule has 0 aliphatic carbocycles. The van der Waals surface area contributed by atoms with E-state index in [1.165, 1.54) is 0 Å². The molecule has 1 atom stereocenters. The van der Waals surface area contributed by atoms with Crippen LogP contribution in [0.2, 0.25) is 0 Å². The summed E-state index contributed by atoms with van der Waals surface area (Å²) >= 11 is 1.56. The molecular weight excluding hydrogens is 286 g/mol. The molecule has 21 heavy (non-hydrogen) atoms. The molecule has 3 N–H and O–H groups in total. The van der Waals surface area contributed by atoms with Gasteiger partial charge in [0.25, 0.3) is 0 Å². The maximum Gasteiger partial charge on any atom is 0.315 e. The molecule has 2 aromatic rings. The fourth-order valence-electron chi connectivity index (χ4n) is 2.00. The molecule has 0 saturated carbocycles. The Balaban J connectivity index is 1.89. The van der Waals surface area contributed by atoms with Crippen LogP contribution in [0.1, 0.15) is 27.9 Å². The second-order valence-corrected chi connectivity index (χ2v) is 5.97. The third kappa shape index (κ3) is 4.84. The van der Waals surface area contributed by atoms with E-state index >= 15 is 0 Å². The number of carbonyl (C=O) groups excluding carboxylic acids is 1. The van der Waals surface area contributed by atoms with Crippen LogP contribution in [-0.2, 0) is 6.54 Å². The van der Waals surface area contributed by atoms with Gasteiger partial charge in [0.15, 0.2) is 0 Å². The third-order valence-electron chi connectivity index (χ3n) is 3.02. The zero-order chi connectivity index (χ0) is 15.1. The Bertz CT molecular complexity index is 571. The van der Waals surface area contributed by atoms with Crippen LogP contribution in [0.3, 0.4) is 0 Å². The van der Waals surface area contributed by atoms with Gasteiger partial charge in [0.1, 0.15) is 0 Å². The first-order valence-electron chi connectivity index (χ1n) is 6.80. The molecule has 1 aromatic carbocycles. The standard InChI is InChI=1S/C15H19N3O2S/c1-11-16-9-13(21-11)10-17-15(20)18-14(7-8-19)12-5-3-2-4-6-12/h2-6,9,14,19H,7-8,10H2,1H3,(H2,17,18,20)/t14-/m1/s1. The van der Waals surface area contributed by atoms with E-state index in [2.05, 4.69) is 15.6 Å². The van der Waals surface area contributed by atoms with Gasteiger partial charge in [-0.1, -0.05) is 30.3 Å². The number of amides is 2. The van der Waals surface area contributed by atoms with E-state index in [1.54, 1.807) is 17.5 Å². The number of nitrogens with one attached hydrogen (secondary N) is 2. The molecule has 0 unspecified atom stereocenters. The fraction of sp³-hybridized carbons (Fsp3) is 0.333. The highest BCUT2D eigenvalue weighted by Gasteiger charge is 2.13. The van der Waals surface area contributed by atoms with Crippen molar-refractivity contribution in [3.05, 3.63) is 52.0 Å². The van der Waals surface area contributed by atoms with E-state index in [1.807, 2.05) is 37.3 Å². The lowest BCUT2D eigenvalue weighted by atomic mass is 10.0. The molecule has 0 fully saturated rings. The van der Waals surface area contributed by atoms with Gasteiger partial charge in [-0.05, 0) is 18.9 Å². The minimum absolute atomic E-state index is 0.0217. The van der Waals surface area contributed by atoms with Crippen molar-refractivity contribution < 1.29 is 9.90 Å². The Morgan fingerprint density at radius 1 is 1.38 bits per heavy atom. The van der Waals surface area contributed by atoms with Crippen molar-refractivity contribution in [1.29, 1.82) is 0 Å². The van der Waals surface area contributed by atoms with Crippen molar-refractivity contribution in [1.82, 2.24) is 15.6 Å². The third-order valence-corrected chi connectivity index (χ3v) is 3.93. The summed E-state index contributed by atoms with van der Waals surface area (Å²) in [5, 5.41) is 15.8. The topological polar surface area (TPSA) is 74.2 Å². The van der Waals surface area contributed by atoms with Gasteiger partial charge in [0.2, 0.25) is 0 Å². The summed E-state index contributed by atoms with van der Waals surface area (Å²) in [4.78, 5) is 17.1. The molecular formula is C15H19N3O2S. The van der Waals surface area contributed by atoms with Gasteiger partial charge in [0, 0.05) is 17.7 Å². The van der Waals surface area contributed by atoms with Gasteiger partial charge in [-0.3, -0.25) is 0 Å². The first-order valence-corrected chi connectivity index (χ1v) is 7.62. The van der Waals surface area contributed by atoms with Crippen LogP contribution in [0.25, 0.3) is 0 Å². The van der Waals surface area contributed by atoms with Crippen molar-refractivity contribution >= 4 is 17.4 Å². The first kappa shape index (κ1) is 15.5. The second-order valence-electron chi connectivity index (χ2n) is 4.65. The molecule has 6 heteroatoms. The Labute approximate surface area is 128 Å². The highest BCUT2D eigenvalue weighted by atomic mass is 32.1. The summed E-state index contributed by atoms with van der Waals surface area (Å²) in [6, 6.07) is 9.19. The number of thiazole rings is 1. The molecule has 0 aliphatic rings. The molecule has 1 aromatic heterocycles. The maximum atomic E-state index is 12.0. The number of aliphatic hydroxyl groups is 1. The second kappa shape index (κ2) is 7.75. The number of hydrogen-bond donors (Lipinski definition) is 3. The van der Waals surface area contributed by atoms with Gasteiger partial charge in [-0.15, -0.1) is 11.3 Å². The Morgan fingerprint density at radius 3 is 2.76 bits per heavy atom. The first-order chi connectivity index (χ1) is 10.2. The van der Waals surface area contributed by atoms with Crippen molar-refractivity contribution in [3.8, 4) is 0 Å². The predicted octanol–water partition coefficient (Wildman–Crippen LogP) is 2.37. The number of aromatic nitrogens is 1. The van der Waals surface area contributed by atoms with Crippen molar-refractivity contribution in [2.75, 3.05) is 6.61 Å². The van der Waals surface area contributed by atoms with Crippen LogP contribution in [-0.4, -0.2) is 22.7 Å². The normalized spacial score (nSPS) is 11.9. The van der Waals surface area contributed by atoms with Gasteiger partial charge in [-0.2, -0.15) is 0 Å². The molecule has 2 amide bonds. The quantitative estimate of drug-likeness (QED) is 0.767. The highest BCUT2D eigenvalue weighted by molar-refractivity contribution is 7.11. The number of hydrogen-bond acceptors (Lipinski definition) is 4. The Hall–Kier alpha value is -1.92. The summed E-state index contributed by atoms with van der Waals surface area (Å²) in [6.07, 6.45) is 2.25. The van der Waals surface area contributed by atoms with E-state index in [0.29, 0.717) is 13.0 Å². The van der Waals surface area contributed by atoms with E-state index < -0.39 is 0 Å². The number of nitrogens with zero attached hydrogens (tertiary/aromatic N) is 1. The van der Waals surface area contributed by atoms with Gasteiger partial charge in [0.05, 0.1) is 17.6 Å². The molecule has 0 saturated heterocycles. The van der Waals surface area contributed by atoms with Crippen molar-refractivity contribution in [2.45, 2.75) is 25.9 Å². The van der Waals surface area contributed by atoms with Crippen LogP contribution in [0.5, 0.6) is 0 Å². The van der Waals surface area contributed by atoms with Crippen molar-refractivity contribution in [3.63, 3.8) is 0 Å². The number of aryl methyl sites for hydroxylation is 1. The number of urea groups is 1. The SMILES string of the molecule is Cc1ncc(CNC(=O)N[C@H](CCO)c2ccccc2)s1. The summed E-state index contributed by atoms with van der Waals surface area (Å²) < 4.78 is 0. The molecule has 5 nitrogen and oxygen atoms in total. The van der Waals surface area contributed by atoms with E-state index in [4.69, 9.17) is 5.11 Å². The van der Waals surface area contributed by atoms with Crippen LogP contribution in [0, 0.1) is 6.92 Å². The average Bonchev–Trinajstić information content (AvgIpc) is 2.91. The zero-order valence-corrected chi connectivity index (χ0v) is 12.7. The Morgan fingerprint density at radius 2 is 2.14 bits per heavy atom. The molecule has 0 spiro atoms. The summed E-state index contributed by atoms with van der Waals surface area (Å²) in [5.74, 6) is 0. The van der Waals surface area contributed by atoms with Crippen molar-refractivity contribution in [2.24, 2.45) is 0 Å². The van der Waals surface area contributed by atoms with Crippen LogP contribution >= 0.6 is 11.3 Å². The van der Waals surface area contributed by atoms with E-state index in [0.717, 1.165) is 15.4 Å². The predicted molar refractivity (Wildman–Crippen MR) is 83.1 cm³/mol. The lowest BCUT2D eigenvalue weighted by Gasteiger charge is -2.18. The van der Waals surface area contributed by atoms with Gasteiger partial charge < -0.3 is 15.7 Å². The van der Waals surface area contributed by atoms with Gasteiger partial charge >= 0.3 is 6.03 Å². The smallest absolute Gasteiger partial charge is 0.315 e. The molecule has 112 valence electrons. The summed E-state index contributed by atoms with van der Waals surface area (Å²) in [6.45, 7) is 2.41. The minimum atomic E-state index is -0.247. The molecule has 0 bridgehead atoms. The zero-order valence-electron chi connectivity index (χ0n) is 11.9. The maximum absolute atomic E-state index is 12.0. The van der Waals surface area contributed by atoms with Crippen LogP contribution < -0.4 is 10.6 Å². The highest BCUT2D eigenvalue weighted by Crippen LogP contribution is 2.16. The number of aliphatic hydroxyl groups excluding tert-OH is 1. The molecule has 0 aliphatic heterocycles. The molecule has 0 radical (unpaired) electrons. The monoisotopic (exact) mass is 305 g/mol. The average molecular weight is 305 g/mol. The largest absolute Gasteiger partial charge is 0.396 e. The number of carbonyl (C=O) groups is 1. The Kier molecular flexibility index (Phi) is 5.71. The minimum Gasteiger partial charge on any atom is -0.396 e. The molecule has 2 rings (SSSR count). The van der Waals surface area contributed by atoms with E-state index in [9.17, 15) is 4.79 Å². The number of rotatable bonds is 6. The van der Waals surface area contributed by atoms with Gasteiger partial charge in [-0.25, -0.2) is 9.78 Å². The van der Waals surface area contributed by atoms with Crippen LogP contribution in [0.4, 0.5) is 4.79 Å². The lowest BCUT2D eigenvalue weighted by molar-refractivity contribution is 0.229. The lowest BCUT2D eigenvalue weighted by Crippen LogP contribution is -2.37. The van der Waals surface area contributed by atoms with Crippen LogP contribution in [0.15, 0.2) is 36.5 Å². The summed E-state index contributed by atoms with van der Waals surface area (Å²) in [5.41, 5.74) is 0.982. The molecule has 1 heterocycles.